The molecule has 1 unspecified atom stereocenters. The smallest absolute Gasteiger partial charge is 0.154 e. The van der Waals surface area contributed by atoms with Crippen LogP contribution in [0.1, 0.15) is 30.4 Å². The molecule has 0 radical (unpaired) electrons. The van der Waals surface area contributed by atoms with Crippen LogP contribution < -0.4 is 11.2 Å². The van der Waals surface area contributed by atoms with E-state index in [1.807, 2.05) is 37.6 Å². The Labute approximate surface area is 141 Å². The van der Waals surface area contributed by atoms with Crippen molar-refractivity contribution in [2.24, 2.45) is 5.92 Å². The van der Waals surface area contributed by atoms with Gasteiger partial charge in [0.1, 0.15) is 12.1 Å². The predicted molar refractivity (Wildman–Crippen MR) is 95.2 cm³/mol. The largest absolute Gasteiger partial charge is 0.382 e. The van der Waals surface area contributed by atoms with Gasteiger partial charge in [-0.2, -0.15) is 0 Å². The summed E-state index contributed by atoms with van der Waals surface area (Å²) in [4.78, 5) is 9.05. The number of hydrogen-bond acceptors (Lipinski definition) is 5. The van der Waals surface area contributed by atoms with Crippen molar-refractivity contribution < 1.29 is 4.74 Å². The summed E-state index contributed by atoms with van der Waals surface area (Å²) in [7, 11) is 0. The first kappa shape index (κ1) is 16.3. The molecule has 0 aliphatic heterocycles. The lowest BCUT2D eigenvalue weighted by atomic mass is 10.0. The van der Waals surface area contributed by atoms with Gasteiger partial charge in [0, 0.05) is 24.8 Å². The van der Waals surface area contributed by atoms with Gasteiger partial charge in [-0.3, -0.25) is 0 Å². The Morgan fingerprint density at radius 3 is 2.92 bits per heavy atom. The van der Waals surface area contributed by atoms with Crippen LogP contribution in [0.4, 0.5) is 5.82 Å². The molecule has 1 aliphatic rings. The molecule has 126 valence electrons. The van der Waals surface area contributed by atoms with Gasteiger partial charge >= 0.3 is 0 Å². The fourth-order valence-electron chi connectivity index (χ4n) is 2.79. The number of allylic oxidation sites excluding steroid dienone is 1. The SMILES string of the molecule is CCOCc1nc2c(N)nc(C)c(C)c2n1NCC1C=C=C=CC1. The van der Waals surface area contributed by atoms with Gasteiger partial charge in [-0.25, -0.2) is 14.6 Å². The number of ether oxygens (including phenoxy) is 1. The van der Waals surface area contributed by atoms with Crippen molar-refractivity contribution in [2.45, 2.75) is 33.8 Å². The van der Waals surface area contributed by atoms with Crippen molar-refractivity contribution in [2.75, 3.05) is 24.3 Å². The summed E-state index contributed by atoms with van der Waals surface area (Å²) < 4.78 is 7.57. The van der Waals surface area contributed by atoms with Gasteiger partial charge in [-0.15, -0.1) is 0 Å². The second kappa shape index (κ2) is 6.93. The molecule has 3 rings (SSSR count). The van der Waals surface area contributed by atoms with Crippen LogP contribution in [-0.2, 0) is 11.3 Å². The molecule has 2 aromatic rings. The van der Waals surface area contributed by atoms with Gasteiger partial charge in [0.05, 0.1) is 5.52 Å². The molecule has 1 atom stereocenters. The highest BCUT2D eigenvalue weighted by Gasteiger charge is 2.18. The number of hydrogen-bond donors (Lipinski definition) is 2. The number of imidazole rings is 1. The van der Waals surface area contributed by atoms with E-state index < -0.39 is 0 Å². The second-order valence-corrected chi connectivity index (χ2v) is 5.92. The summed E-state index contributed by atoms with van der Waals surface area (Å²) in [5, 5.41) is 0. The van der Waals surface area contributed by atoms with Crippen LogP contribution in [0.25, 0.3) is 11.0 Å². The number of nitrogens with zero attached hydrogens (tertiary/aromatic N) is 3. The average Bonchev–Trinajstić information content (AvgIpc) is 2.96. The lowest BCUT2D eigenvalue weighted by Gasteiger charge is -2.17. The maximum atomic E-state index is 6.09. The number of aromatic nitrogens is 3. The van der Waals surface area contributed by atoms with Crippen LogP contribution >= 0.6 is 0 Å². The zero-order valence-corrected chi connectivity index (χ0v) is 14.4. The second-order valence-electron chi connectivity index (χ2n) is 5.92. The summed E-state index contributed by atoms with van der Waals surface area (Å²) in [6.45, 7) is 7.81. The monoisotopic (exact) mass is 325 g/mol. The van der Waals surface area contributed by atoms with E-state index in [9.17, 15) is 0 Å². The molecule has 6 nitrogen and oxygen atoms in total. The molecule has 0 saturated carbocycles. The molecule has 3 N–H and O–H groups in total. The lowest BCUT2D eigenvalue weighted by Crippen LogP contribution is -2.24. The van der Waals surface area contributed by atoms with Crippen molar-refractivity contribution in [3.63, 3.8) is 0 Å². The molecule has 0 fully saturated rings. The maximum absolute atomic E-state index is 6.09. The van der Waals surface area contributed by atoms with Crippen LogP contribution in [0.3, 0.4) is 0 Å². The van der Waals surface area contributed by atoms with E-state index >= 15 is 0 Å². The lowest BCUT2D eigenvalue weighted by molar-refractivity contribution is 0.127. The zero-order chi connectivity index (χ0) is 17.1. The van der Waals surface area contributed by atoms with Crippen LogP contribution in [0.2, 0.25) is 0 Å². The van der Waals surface area contributed by atoms with Crippen LogP contribution in [0.15, 0.2) is 23.6 Å². The van der Waals surface area contributed by atoms with E-state index in [0.717, 1.165) is 41.1 Å². The molecule has 24 heavy (non-hydrogen) atoms. The highest BCUT2D eigenvalue weighted by molar-refractivity contribution is 5.88. The third kappa shape index (κ3) is 3.08. The minimum Gasteiger partial charge on any atom is -0.382 e. The number of pyridine rings is 1. The predicted octanol–water partition coefficient (Wildman–Crippen LogP) is 2.60. The fourth-order valence-corrected chi connectivity index (χ4v) is 2.79. The van der Waals surface area contributed by atoms with Gasteiger partial charge in [-0.05, 0) is 44.9 Å². The van der Waals surface area contributed by atoms with Gasteiger partial charge in [0.25, 0.3) is 0 Å². The summed E-state index contributed by atoms with van der Waals surface area (Å²) in [6.07, 6.45) is 5.01. The Morgan fingerprint density at radius 1 is 1.38 bits per heavy atom. The molecule has 0 amide bonds. The van der Waals surface area contributed by atoms with Crippen molar-refractivity contribution in [3.8, 4) is 0 Å². The highest BCUT2D eigenvalue weighted by Crippen LogP contribution is 2.25. The number of nitrogen functional groups attached to an aromatic ring is 1. The van der Waals surface area contributed by atoms with Gasteiger partial charge in [-0.1, -0.05) is 11.5 Å². The molecule has 6 heteroatoms. The number of fused-ring (bicyclic) bond motifs is 1. The van der Waals surface area contributed by atoms with Gasteiger partial charge < -0.3 is 15.9 Å². The van der Waals surface area contributed by atoms with Gasteiger partial charge in [0.15, 0.2) is 11.6 Å². The molecule has 1 aliphatic carbocycles. The van der Waals surface area contributed by atoms with E-state index in [1.165, 1.54) is 0 Å². The number of nitrogens with two attached hydrogens (primary N) is 1. The third-order valence-corrected chi connectivity index (χ3v) is 4.25. The molecule has 0 bridgehead atoms. The number of anilines is 1. The zero-order valence-electron chi connectivity index (χ0n) is 14.4. The molecule has 2 heterocycles. The van der Waals surface area contributed by atoms with E-state index in [2.05, 4.69) is 26.9 Å². The fraction of sp³-hybridized carbons (Fsp3) is 0.444. The Morgan fingerprint density at radius 2 is 2.21 bits per heavy atom. The summed E-state index contributed by atoms with van der Waals surface area (Å²) in [5.41, 5.74) is 19.3. The first-order chi connectivity index (χ1) is 11.6. The standard InChI is InChI=1S/C18H23N5O/c1-4-24-11-15-22-16-17(12(2)13(3)21-18(16)19)23(15)20-10-14-8-6-5-7-9-14/h6,9,14,20H,4,8,10-11H2,1-3H3,(H2,19,21). The molecular formula is C18H23N5O. The minimum absolute atomic E-state index is 0.379. The molecular weight excluding hydrogens is 302 g/mol. The minimum atomic E-state index is 0.379. The van der Waals surface area contributed by atoms with Crippen molar-refractivity contribution in [3.05, 3.63) is 40.7 Å². The van der Waals surface area contributed by atoms with E-state index in [1.54, 1.807) is 0 Å². The first-order valence-corrected chi connectivity index (χ1v) is 8.23. The Balaban J connectivity index is 2.00. The molecule has 0 aromatic carbocycles. The molecule has 0 spiro atoms. The highest BCUT2D eigenvalue weighted by atomic mass is 16.5. The van der Waals surface area contributed by atoms with Crippen molar-refractivity contribution >= 4 is 16.9 Å². The maximum Gasteiger partial charge on any atom is 0.154 e. The van der Waals surface area contributed by atoms with Crippen LogP contribution in [0.5, 0.6) is 0 Å². The quantitative estimate of drug-likeness (QED) is 0.798. The van der Waals surface area contributed by atoms with E-state index in [-0.39, 0.29) is 0 Å². The average molecular weight is 325 g/mol. The van der Waals surface area contributed by atoms with E-state index in [0.29, 0.717) is 24.9 Å². The van der Waals surface area contributed by atoms with Gasteiger partial charge in [0.2, 0.25) is 0 Å². The molecule has 2 aromatic heterocycles. The summed E-state index contributed by atoms with van der Waals surface area (Å²) >= 11 is 0. The van der Waals surface area contributed by atoms with Crippen molar-refractivity contribution in [1.29, 1.82) is 0 Å². The molecule has 0 saturated heterocycles. The third-order valence-electron chi connectivity index (χ3n) is 4.25. The Kier molecular flexibility index (Phi) is 4.72. The Hall–Kier alpha value is -2.52. The summed E-state index contributed by atoms with van der Waals surface area (Å²) in [5.74, 6) is 1.64. The first-order valence-electron chi connectivity index (χ1n) is 8.23. The van der Waals surface area contributed by atoms with Crippen LogP contribution in [0, 0.1) is 19.8 Å². The van der Waals surface area contributed by atoms with E-state index in [4.69, 9.17) is 10.5 Å². The number of aryl methyl sites for hydroxylation is 2. The topological polar surface area (TPSA) is 78.0 Å². The number of rotatable bonds is 6. The van der Waals surface area contributed by atoms with Crippen LogP contribution in [-0.4, -0.2) is 27.8 Å². The van der Waals surface area contributed by atoms with Crippen molar-refractivity contribution in [1.82, 2.24) is 14.6 Å². The Bertz CT molecular complexity index is 854. The normalized spacial score (nSPS) is 16.2. The number of nitrogens with one attached hydrogen (secondary N) is 1. The summed E-state index contributed by atoms with van der Waals surface area (Å²) in [6, 6.07) is 0.